The molecule has 0 unspecified atom stereocenters. The molecule has 1 aliphatic heterocycles. The second-order valence-corrected chi connectivity index (χ2v) is 8.49. The maximum Gasteiger partial charge on any atom is 0.331 e. The summed E-state index contributed by atoms with van der Waals surface area (Å²) in [5.41, 5.74) is 1.56. The Balaban J connectivity index is 1.70. The van der Waals surface area contributed by atoms with Crippen molar-refractivity contribution in [1.29, 1.82) is 0 Å². The molecule has 0 radical (unpaired) electrons. The third kappa shape index (κ3) is 6.35. The fourth-order valence-corrected chi connectivity index (χ4v) is 4.06. The zero-order valence-electron chi connectivity index (χ0n) is 16.9. The predicted molar refractivity (Wildman–Crippen MR) is 127 cm³/mol. The van der Waals surface area contributed by atoms with Crippen LogP contribution in [-0.4, -0.2) is 37.5 Å². The molecule has 1 aliphatic rings. The van der Waals surface area contributed by atoms with Crippen LogP contribution in [0.2, 0.25) is 5.02 Å². The molecule has 1 heterocycles. The SMILES string of the molecule is COC(=O)/C=C1/S/C(=N\N=Cc2ccc(OC)c(COc3ccc(Cl)cc3Br)c2)NC1=O. The van der Waals surface area contributed by atoms with E-state index in [1.807, 2.05) is 12.1 Å². The first-order chi connectivity index (χ1) is 15.4. The molecule has 3 rings (SSSR count). The lowest BCUT2D eigenvalue weighted by molar-refractivity contribution is -0.135. The van der Waals surface area contributed by atoms with Gasteiger partial charge in [-0.05, 0) is 69.7 Å². The van der Waals surface area contributed by atoms with Gasteiger partial charge in [0, 0.05) is 16.7 Å². The van der Waals surface area contributed by atoms with E-state index in [2.05, 4.69) is 36.2 Å². The number of halogens is 2. The normalized spacial score (nSPS) is 15.9. The summed E-state index contributed by atoms with van der Waals surface area (Å²) in [4.78, 5) is 23.3. The molecule has 1 amide bonds. The van der Waals surface area contributed by atoms with E-state index in [1.54, 1.807) is 31.4 Å². The van der Waals surface area contributed by atoms with E-state index in [1.165, 1.54) is 13.3 Å². The summed E-state index contributed by atoms with van der Waals surface area (Å²) < 4.78 is 16.5. The molecule has 1 saturated heterocycles. The van der Waals surface area contributed by atoms with Gasteiger partial charge in [0.25, 0.3) is 5.91 Å². The Morgan fingerprint density at radius 1 is 1.22 bits per heavy atom. The quantitative estimate of drug-likeness (QED) is 0.244. The van der Waals surface area contributed by atoms with Gasteiger partial charge in [0.2, 0.25) is 0 Å². The summed E-state index contributed by atoms with van der Waals surface area (Å²) in [6.07, 6.45) is 2.63. The number of methoxy groups -OCH3 is 2. The molecular formula is C21H17BrClN3O5S. The highest BCUT2D eigenvalue weighted by molar-refractivity contribution is 9.10. The summed E-state index contributed by atoms with van der Waals surface area (Å²) in [6.45, 7) is 0.257. The minimum atomic E-state index is -0.619. The van der Waals surface area contributed by atoms with Crippen molar-refractivity contribution < 1.29 is 23.8 Å². The molecule has 8 nitrogen and oxygen atoms in total. The lowest BCUT2D eigenvalue weighted by Crippen LogP contribution is -2.19. The topological polar surface area (TPSA) is 98.6 Å². The zero-order valence-corrected chi connectivity index (χ0v) is 20.1. The van der Waals surface area contributed by atoms with Crippen LogP contribution in [-0.2, 0) is 20.9 Å². The number of carbonyl (C=O) groups excluding carboxylic acids is 2. The maximum absolute atomic E-state index is 11.8. The van der Waals surface area contributed by atoms with Crippen molar-refractivity contribution >= 4 is 62.6 Å². The van der Waals surface area contributed by atoms with E-state index in [4.69, 9.17) is 21.1 Å². The van der Waals surface area contributed by atoms with Crippen molar-refractivity contribution in [2.45, 2.75) is 6.61 Å². The van der Waals surface area contributed by atoms with E-state index in [-0.39, 0.29) is 16.7 Å². The number of nitrogens with zero attached hydrogens (tertiary/aromatic N) is 2. The molecule has 0 aromatic heterocycles. The van der Waals surface area contributed by atoms with E-state index < -0.39 is 11.9 Å². The second kappa shape index (κ2) is 11.2. The van der Waals surface area contributed by atoms with Gasteiger partial charge in [-0.2, -0.15) is 5.10 Å². The number of esters is 1. The van der Waals surface area contributed by atoms with Crippen LogP contribution in [0.25, 0.3) is 0 Å². The number of benzene rings is 2. The summed E-state index contributed by atoms with van der Waals surface area (Å²) >= 11 is 10.4. The number of ether oxygens (including phenoxy) is 3. The van der Waals surface area contributed by atoms with Crippen LogP contribution in [0.5, 0.6) is 11.5 Å². The van der Waals surface area contributed by atoms with Crippen LogP contribution in [0.4, 0.5) is 0 Å². The van der Waals surface area contributed by atoms with E-state index in [0.717, 1.165) is 33.4 Å². The van der Waals surface area contributed by atoms with Crippen molar-refractivity contribution in [3.05, 3.63) is 68.0 Å². The monoisotopic (exact) mass is 537 g/mol. The fraction of sp³-hybridized carbons (Fsp3) is 0.143. The molecule has 11 heteroatoms. The first-order valence-electron chi connectivity index (χ1n) is 9.04. The molecule has 0 saturated carbocycles. The Bertz CT molecular complexity index is 1140. The van der Waals surface area contributed by atoms with Crippen LogP contribution in [0.1, 0.15) is 11.1 Å². The number of carbonyl (C=O) groups is 2. The van der Waals surface area contributed by atoms with Crippen LogP contribution < -0.4 is 14.8 Å². The lowest BCUT2D eigenvalue weighted by Gasteiger charge is -2.12. The third-order valence-corrected chi connectivity index (χ3v) is 5.79. The molecule has 0 bridgehead atoms. The first-order valence-corrected chi connectivity index (χ1v) is 11.0. The maximum atomic E-state index is 11.8. The molecule has 1 N–H and O–H groups in total. The van der Waals surface area contributed by atoms with Crippen LogP contribution >= 0.6 is 39.3 Å². The molecule has 166 valence electrons. The molecule has 2 aromatic rings. The van der Waals surface area contributed by atoms with Gasteiger partial charge in [-0.1, -0.05) is 11.6 Å². The number of amides is 1. The molecule has 0 aliphatic carbocycles. The van der Waals surface area contributed by atoms with Gasteiger partial charge in [0.15, 0.2) is 5.17 Å². The van der Waals surface area contributed by atoms with Gasteiger partial charge >= 0.3 is 5.97 Å². The van der Waals surface area contributed by atoms with Gasteiger partial charge in [0.1, 0.15) is 18.1 Å². The smallest absolute Gasteiger partial charge is 0.331 e. The largest absolute Gasteiger partial charge is 0.496 e. The van der Waals surface area contributed by atoms with Gasteiger partial charge in [-0.3, -0.25) is 10.1 Å². The highest BCUT2D eigenvalue weighted by atomic mass is 79.9. The average Bonchev–Trinajstić information content (AvgIpc) is 3.12. The Morgan fingerprint density at radius 3 is 2.72 bits per heavy atom. The number of thioether (sulfide) groups is 1. The first kappa shape index (κ1) is 23.8. The molecule has 1 fully saturated rings. The highest BCUT2D eigenvalue weighted by Gasteiger charge is 2.25. The average molecular weight is 539 g/mol. The Morgan fingerprint density at radius 2 is 2.00 bits per heavy atom. The molecule has 0 atom stereocenters. The van der Waals surface area contributed by atoms with Gasteiger partial charge in [0.05, 0.1) is 29.8 Å². The van der Waals surface area contributed by atoms with Crippen molar-refractivity contribution in [3.8, 4) is 11.5 Å². The fourth-order valence-electron chi connectivity index (χ4n) is 2.53. The number of amidine groups is 1. The molecule has 2 aromatic carbocycles. The minimum absolute atomic E-state index is 0.183. The summed E-state index contributed by atoms with van der Waals surface area (Å²) in [5.74, 6) is 0.249. The number of hydrogen-bond donors (Lipinski definition) is 1. The number of hydrogen-bond acceptors (Lipinski definition) is 8. The summed E-state index contributed by atoms with van der Waals surface area (Å²) in [5, 5.41) is 11.4. The second-order valence-electron chi connectivity index (χ2n) is 6.17. The molecular weight excluding hydrogens is 522 g/mol. The molecule has 0 spiro atoms. The lowest BCUT2D eigenvalue weighted by atomic mass is 10.1. The standard InChI is InChI=1S/C21H17BrClN3O5S/c1-29-16-5-3-12(7-13(16)11-31-17-6-4-14(23)8-15(17)22)10-24-26-21-25-20(28)18(32-21)9-19(27)30-2/h3-10H,11H2,1-2H3,(H,25,26,28)/b18-9+,24-10?. The summed E-state index contributed by atoms with van der Waals surface area (Å²) in [7, 11) is 2.81. The summed E-state index contributed by atoms with van der Waals surface area (Å²) in [6, 6.07) is 10.7. The van der Waals surface area contributed by atoms with Gasteiger partial charge in [-0.15, -0.1) is 5.10 Å². The van der Waals surface area contributed by atoms with Crippen LogP contribution in [0, 0.1) is 0 Å². The van der Waals surface area contributed by atoms with E-state index >= 15 is 0 Å². The number of nitrogens with one attached hydrogen (secondary N) is 1. The van der Waals surface area contributed by atoms with Crippen molar-refractivity contribution in [1.82, 2.24) is 5.32 Å². The third-order valence-electron chi connectivity index (χ3n) is 4.04. The Kier molecular flexibility index (Phi) is 8.32. The minimum Gasteiger partial charge on any atom is -0.496 e. The Labute approximate surface area is 201 Å². The van der Waals surface area contributed by atoms with Crippen molar-refractivity contribution in [2.75, 3.05) is 14.2 Å². The van der Waals surface area contributed by atoms with E-state index in [9.17, 15) is 9.59 Å². The van der Waals surface area contributed by atoms with Crippen LogP contribution in [0.15, 0.2) is 62.1 Å². The van der Waals surface area contributed by atoms with Gasteiger partial charge < -0.3 is 14.2 Å². The molecule has 32 heavy (non-hydrogen) atoms. The predicted octanol–water partition coefficient (Wildman–Crippen LogP) is 4.30. The zero-order chi connectivity index (χ0) is 23.1. The van der Waals surface area contributed by atoms with Gasteiger partial charge in [-0.25, -0.2) is 4.79 Å². The Hall–Kier alpha value is -2.82. The van der Waals surface area contributed by atoms with E-state index in [0.29, 0.717) is 16.5 Å². The van der Waals surface area contributed by atoms with Crippen LogP contribution in [0.3, 0.4) is 0 Å². The highest BCUT2D eigenvalue weighted by Crippen LogP contribution is 2.30. The number of rotatable bonds is 7. The van der Waals surface area contributed by atoms with Crippen molar-refractivity contribution in [2.24, 2.45) is 10.2 Å². The van der Waals surface area contributed by atoms with Crippen molar-refractivity contribution in [3.63, 3.8) is 0 Å².